The molecule has 0 atom stereocenters. The van der Waals surface area contributed by atoms with Gasteiger partial charge in [-0.15, -0.1) is 0 Å². The Morgan fingerprint density at radius 2 is 0.941 bits per heavy atom. The van der Waals surface area contributed by atoms with Gasteiger partial charge < -0.3 is 9.47 Å². The van der Waals surface area contributed by atoms with Crippen molar-refractivity contribution < 1.29 is 19.1 Å². The first-order chi connectivity index (χ1) is 15.8. The highest BCUT2D eigenvalue weighted by Crippen LogP contribution is 2.44. The second-order valence-corrected chi connectivity index (χ2v) is 10.1. The highest BCUT2D eigenvalue weighted by molar-refractivity contribution is 5.91. The summed E-state index contributed by atoms with van der Waals surface area (Å²) in [6, 6.07) is 7.35. The van der Waals surface area contributed by atoms with Crippen LogP contribution in [0, 0.1) is 10.8 Å². The maximum Gasteiger partial charge on any atom is 0.316 e. The molecule has 0 saturated carbocycles. The monoisotopic (exact) mass is 458 g/mol. The molecule has 2 aromatic carbocycles. The molecule has 0 heterocycles. The largest absolute Gasteiger partial charge is 0.425 e. The number of esters is 2. The topological polar surface area (TPSA) is 52.6 Å². The van der Waals surface area contributed by atoms with Gasteiger partial charge in [-0.1, -0.05) is 50.6 Å². The molecule has 0 radical (unpaired) electrons. The van der Waals surface area contributed by atoms with E-state index in [0.717, 1.165) is 11.1 Å². The summed E-state index contributed by atoms with van der Waals surface area (Å²) in [4.78, 5) is 25.8. The van der Waals surface area contributed by atoms with Crippen LogP contribution in [-0.2, 0) is 9.59 Å². The summed E-state index contributed by atoms with van der Waals surface area (Å²) in [6.07, 6.45) is 6.62. The standard InChI is InChI=1S/C30H34O4/c1-11-19-15-21(13-3)25(33-27(31)29(5,6)7)23(17-19)24-18-20(12-2)16-22(14-4)26(24)34-28(32)30(8,9)10/h11-18H,1-4H2,5-10H3. The number of carbonyl (C=O) groups excluding carboxylic acids is 2. The van der Waals surface area contributed by atoms with Gasteiger partial charge in [0.1, 0.15) is 11.5 Å². The minimum absolute atomic E-state index is 0.324. The van der Waals surface area contributed by atoms with Gasteiger partial charge in [0, 0.05) is 22.3 Å². The second-order valence-electron chi connectivity index (χ2n) is 10.1. The highest BCUT2D eigenvalue weighted by Gasteiger charge is 2.29. The predicted octanol–water partition coefficient (Wildman–Crippen LogP) is 7.83. The van der Waals surface area contributed by atoms with Gasteiger partial charge in [-0.3, -0.25) is 9.59 Å². The van der Waals surface area contributed by atoms with E-state index in [4.69, 9.17) is 9.47 Å². The summed E-state index contributed by atoms with van der Waals surface area (Å²) < 4.78 is 11.8. The van der Waals surface area contributed by atoms with E-state index in [1.54, 1.807) is 65.8 Å². The zero-order valence-corrected chi connectivity index (χ0v) is 21.1. The van der Waals surface area contributed by atoms with Crippen molar-refractivity contribution >= 4 is 36.2 Å². The van der Waals surface area contributed by atoms with Crippen molar-refractivity contribution in [1.82, 2.24) is 0 Å². The predicted molar refractivity (Wildman–Crippen MR) is 142 cm³/mol. The molecule has 0 bridgehead atoms. The first kappa shape index (κ1) is 26.6. The number of hydrogen-bond acceptors (Lipinski definition) is 4. The Morgan fingerprint density at radius 3 is 1.18 bits per heavy atom. The normalized spacial score (nSPS) is 11.4. The zero-order valence-electron chi connectivity index (χ0n) is 21.1. The minimum Gasteiger partial charge on any atom is -0.425 e. The van der Waals surface area contributed by atoms with E-state index in [0.29, 0.717) is 33.8 Å². The van der Waals surface area contributed by atoms with Crippen molar-refractivity contribution in [2.75, 3.05) is 0 Å². The van der Waals surface area contributed by atoms with Gasteiger partial charge in [0.25, 0.3) is 0 Å². The molecule has 2 rings (SSSR count). The van der Waals surface area contributed by atoms with Crippen molar-refractivity contribution in [2.24, 2.45) is 10.8 Å². The van der Waals surface area contributed by atoms with Crippen molar-refractivity contribution in [3.63, 3.8) is 0 Å². The third-order valence-electron chi connectivity index (χ3n) is 5.10. The Balaban J connectivity index is 2.97. The molecular weight excluding hydrogens is 424 g/mol. The summed E-state index contributed by atoms with van der Waals surface area (Å²) in [6.45, 7) is 26.3. The molecule has 0 aliphatic heterocycles. The Kier molecular flexibility index (Phi) is 7.89. The van der Waals surface area contributed by atoms with E-state index >= 15 is 0 Å². The SMILES string of the molecule is C=Cc1cc(C=C)c(OC(=O)C(C)(C)C)c(-c2cc(C=C)cc(C=C)c2OC(=O)C(C)(C)C)c1. The van der Waals surface area contributed by atoms with Gasteiger partial charge in [0.15, 0.2) is 0 Å². The molecule has 0 unspecified atom stereocenters. The molecule has 0 amide bonds. The molecule has 0 aliphatic carbocycles. The average Bonchev–Trinajstić information content (AvgIpc) is 2.77. The molecule has 0 fully saturated rings. The lowest BCUT2D eigenvalue weighted by Crippen LogP contribution is -2.26. The lowest BCUT2D eigenvalue weighted by atomic mass is 9.92. The number of ether oxygens (including phenoxy) is 2. The van der Waals surface area contributed by atoms with E-state index in [9.17, 15) is 9.59 Å². The van der Waals surface area contributed by atoms with Crippen LogP contribution in [-0.4, -0.2) is 11.9 Å². The van der Waals surface area contributed by atoms with E-state index in [-0.39, 0.29) is 0 Å². The van der Waals surface area contributed by atoms with Gasteiger partial charge >= 0.3 is 11.9 Å². The van der Waals surface area contributed by atoms with E-state index in [1.807, 2.05) is 24.3 Å². The van der Waals surface area contributed by atoms with Crippen LogP contribution in [0.15, 0.2) is 50.6 Å². The number of rotatable bonds is 7. The summed E-state index contributed by atoms with van der Waals surface area (Å²) in [5.41, 5.74) is 2.47. The molecule has 34 heavy (non-hydrogen) atoms. The average molecular weight is 459 g/mol. The third kappa shape index (κ3) is 5.82. The zero-order chi connectivity index (χ0) is 25.8. The molecule has 4 heteroatoms. The Morgan fingerprint density at radius 1 is 0.618 bits per heavy atom. The van der Waals surface area contributed by atoms with Crippen molar-refractivity contribution in [3.05, 3.63) is 72.8 Å². The molecule has 4 nitrogen and oxygen atoms in total. The quantitative estimate of drug-likeness (QED) is 0.313. The van der Waals surface area contributed by atoms with Gasteiger partial charge in [0.05, 0.1) is 10.8 Å². The summed E-state index contributed by atoms with van der Waals surface area (Å²) in [5, 5.41) is 0. The van der Waals surface area contributed by atoms with Crippen LogP contribution >= 0.6 is 0 Å². The van der Waals surface area contributed by atoms with Crippen LogP contribution in [0.5, 0.6) is 11.5 Å². The molecule has 0 aromatic heterocycles. The Bertz CT molecular complexity index is 1070. The summed E-state index contributed by atoms with van der Waals surface area (Å²) in [5.74, 6) is -0.157. The van der Waals surface area contributed by atoms with E-state index < -0.39 is 22.8 Å². The molecule has 178 valence electrons. The number of carbonyl (C=O) groups is 2. The summed E-state index contributed by atoms with van der Waals surface area (Å²) in [7, 11) is 0. The first-order valence-electron chi connectivity index (χ1n) is 11.1. The molecular formula is C30H34O4. The summed E-state index contributed by atoms with van der Waals surface area (Å²) >= 11 is 0. The van der Waals surface area contributed by atoms with Crippen molar-refractivity contribution in [2.45, 2.75) is 41.5 Å². The van der Waals surface area contributed by atoms with Gasteiger partial charge in [-0.2, -0.15) is 0 Å². The van der Waals surface area contributed by atoms with Crippen molar-refractivity contribution in [3.8, 4) is 22.6 Å². The molecule has 0 spiro atoms. The fraction of sp³-hybridized carbons (Fsp3) is 0.267. The minimum atomic E-state index is -0.733. The van der Waals surface area contributed by atoms with Crippen LogP contribution < -0.4 is 9.47 Å². The highest BCUT2D eigenvalue weighted by atomic mass is 16.5. The second kappa shape index (κ2) is 10.1. The maximum atomic E-state index is 12.9. The van der Waals surface area contributed by atoms with Gasteiger partial charge in [-0.05, 0) is 76.9 Å². The fourth-order valence-corrected chi connectivity index (χ4v) is 3.01. The van der Waals surface area contributed by atoms with Crippen LogP contribution in [0.4, 0.5) is 0 Å². The molecule has 0 saturated heterocycles. The number of hydrogen-bond donors (Lipinski definition) is 0. The smallest absolute Gasteiger partial charge is 0.316 e. The Hall–Kier alpha value is -3.66. The van der Waals surface area contributed by atoms with Crippen LogP contribution in [0.25, 0.3) is 35.4 Å². The first-order valence-corrected chi connectivity index (χ1v) is 11.1. The molecule has 0 aliphatic rings. The van der Waals surface area contributed by atoms with Crippen LogP contribution in [0.1, 0.15) is 63.8 Å². The van der Waals surface area contributed by atoms with E-state index in [1.165, 1.54) is 0 Å². The fourth-order valence-electron chi connectivity index (χ4n) is 3.01. The molecule has 2 aromatic rings. The Labute approximate surface area is 203 Å². The van der Waals surface area contributed by atoms with Gasteiger partial charge in [-0.25, -0.2) is 0 Å². The van der Waals surface area contributed by atoms with Gasteiger partial charge in [0.2, 0.25) is 0 Å². The molecule has 0 N–H and O–H groups in total. The third-order valence-corrected chi connectivity index (χ3v) is 5.10. The maximum absolute atomic E-state index is 12.9. The van der Waals surface area contributed by atoms with Crippen molar-refractivity contribution in [1.29, 1.82) is 0 Å². The number of benzene rings is 2. The van der Waals surface area contributed by atoms with E-state index in [2.05, 4.69) is 26.3 Å². The van der Waals surface area contributed by atoms with Crippen LogP contribution in [0.2, 0.25) is 0 Å². The lowest BCUT2D eigenvalue weighted by molar-refractivity contribution is -0.143. The lowest BCUT2D eigenvalue weighted by Gasteiger charge is -2.23. The van der Waals surface area contributed by atoms with Crippen LogP contribution in [0.3, 0.4) is 0 Å².